The Kier molecular flexibility index (Phi) is 2.52. The number of benzene rings is 1. The summed E-state index contributed by atoms with van der Waals surface area (Å²) in [5.74, 6) is 1.05. The normalized spacial score (nSPS) is 22.4. The Hall–Kier alpha value is -1.68. The Morgan fingerprint density at radius 2 is 2.19 bits per heavy atom. The van der Waals surface area contributed by atoms with E-state index < -0.39 is 5.60 Å². The van der Waals surface area contributed by atoms with Gasteiger partial charge in [0.05, 0.1) is 19.3 Å². The maximum atomic E-state index is 9.59. The van der Waals surface area contributed by atoms with E-state index in [9.17, 15) is 10.2 Å². The van der Waals surface area contributed by atoms with Crippen LogP contribution in [0.4, 0.5) is 0 Å². The summed E-state index contributed by atoms with van der Waals surface area (Å²) in [6, 6.07) is 3.17. The molecule has 0 aromatic heterocycles. The zero-order valence-corrected chi connectivity index (χ0v) is 9.23. The number of hydrogen-bond acceptors (Lipinski definition) is 4. The van der Waals surface area contributed by atoms with Crippen LogP contribution in [0.15, 0.2) is 18.2 Å². The van der Waals surface area contributed by atoms with E-state index in [0.717, 1.165) is 0 Å². The molecular formula is C12H14O4. The van der Waals surface area contributed by atoms with Gasteiger partial charge in [-0.1, -0.05) is 0 Å². The number of aliphatic hydroxyl groups excluding tert-OH is 1. The number of phenolic OH excluding ortho intramolecular Hbond substituents is 1. The monoisotopic (exact) mass is 222 g/mol. The number of ether oxygens (including phenoxy) is 2. The minimum atomic E-state index is -0.713. The third kappa shape index (κ3) is 1.61. The van der Waals surface area contributed by atoms with Gasteiger partial charge in [0.1, 0.15) is 11.4 Å². The Morgan fingerprint density at radius 3 is 2.81 bits per heavy atom. The molecule has 0 bridgehead atoms. The average Bonchev–Trinajstić information content (AvgIpc) is 2.29. The van der Waals surface area contributed by atoms with Crippen molar-refractivity contribution in [3.63, 3.8) is 0 Å². The summed E-state index contributed by atoms with van der Waals surface area (Å²) in [6.07, 6.45) is 3.53. The fourth-order valence-corrected chi connectivity index (χ4v) is 1.66. The lowest BCUT2D eigenvalue weighted by atomic mass is 10.0. The molecule has 1 aromatic carbocycles. The predicted molar refractivity (Wildman–Crippen MR) is 59.8 cm³/mol. The third-order valence-electron chi connectivity index (χ3n) is 2.60. The molecule has 0 unspecified atom stereocenters. The van der Waals surface area contributed by atoms with E-state index in [2.05, 4.69) is 0 Å². The van der Waals surface area contributed by atoms with Crippen LogP contribution in [-0.4, -0.2) is 29.5 Å². The molecule has 1 aliphatic rings. The minimum absolute atomic E-state index is 0.0714. The lowest BCUT2D eigenvalue weighted by Crippen LogP contribution is -2.35. The lowest BCUT2D eigenvalue weighted by molar-refractivity contribution is 0.0637. The maximum Gasteiger partial charge on any atom is 0.171 e. The number of methoxy groups -OCH3 is 1. The van der Waals surface area contributed by atoms with Crippen LogP contribution in [-0.2, 0) is 0 Å². The third-order valence-corrected chi connectivity index (χ3v) is 2.60. The van der Waals surface area contributed by atoms with Crippen molar-refractivity contribution in [3.8, 4) is 17.2 Å². The quantitative estimate of drug-likeness (QED) is 0.797. The average molecular weight is 222 g/mol. The molecule has 4 nitrogen and oxygen atoms in total. The molecule has 1 aromatic rings. The first-order chi connectivity index (χ1) is 7.59. The fourth-order valence-electron chi connectivity index (χ4n) is 1.66. The highest BCUT2D eigenvalue weighted by Crippen LogP contribution is 2.41. The van der Waals surface area contributed by atoms with Crippen LogP contribution in [0, 0.1) is 0 Å². The van der Waals surface area contributed by atoms with E-state index in [4.69, 9.17) is 9.47 Å². The van der Waals surface area contributed by atoms with Crippen molar-refractivity contribution in [2.24, 2.45) is 0 Å². The predicted octanol–water partition coefficient (Wildman–Crippen LogP) is 1.56. The van der Waals surface area contributed by atoms with Crippen LogP contribution in [0.3, 0.4) is 0 Å². The molecule has 1 aliphatic heterocycles. The van der Waals surface area contributed by atoms with Crippen LogP contribution in [0.2, 0.25) is 0 Å². The summed E-state index contributed by atoms with van der Waals surface area (Å²) in [6.45, 7) is 1.68. The highest BCUT2D eigenvalue weighted by atomic mass is 16.5. The van der Waals surface area contributed by atoms with Gasteiger partial charge < -0.3 is 19.7 Å². The van der Waals surface area contributed by atoms with E-state index >= 15 is 0 Å². The maximum absolute atomic E-state index is 9.59. The minimum Gasteiger partial charge on any atom is -0.504 e. The molecule has 0 amide bonds. The molecule has 0 spiro atoms. The van der Waals surface area contributed by atoms with Crippen LogP contribution in [0.5, 0.6) is 17.2 Å². The standard InChI is InChI=1S/C12H14O4/c1-12(7-13)6-5-8-10(16-12)4-3-9(14)11(8)15-2/h3-6,13-14H,7H2,1-2H3/t12-/m1/s1. The number of aliphatic hydroxyl groups is 1. The van der Waals surface area contributed by atoms with Crippen LogP contribution < -0.4 is 9.47 Å². The number of hydrogen-bond donors (Lipinski definition) is 2. The van der Waals surface area contributed by atoms with Crippen molar-refractivity contribution in [1.29, 1.82) is 0 Å². The largest absolute Gasteiger partial charge is 0.504 e. The van der Waals surface area contributed by atoms with Crippen molar-refractivity contribution >= 4 is 6.08 Å². The van der Waals surface area contributed by atoms with Crippen LogP contribution in [0.25, 0.3) is 6.08 Å². The van der Waals surface area contributed by atoms with Gasteiger partial charge in [-0.25, -0.2) is 0 Å². The molecule has 0 aliphatic carbocycles. The zero-order valence-electron chi connectivity index (χ0n) is 9.23. The molecule has 1 heterocycles. The van der Waals surface area contributed by atoms with Crippen molar-refractivity contribution in [2.45, 2.75) is 12.5 Å². The number of phenols is 1. The summed E-state index contributed by atoms with van der Waals surface area (Å²) in [5.41, 5.74) is -0.0250. The Balaban J connectivity index is 2.50. The molecule has 0 radical (unpaired) electrons. The van der Waals surface area contributed by atoms with Gasteiger partial charge in [0, 0.05) is 0 Å². The van der Waals surface area contributed by atoms with Gasteiger partial charge in [-0.15, -0.1) is 0 Å². The number of rotatable bonds is 2. The summed E-state index contributed by atoms with van der Waals surface area (Å²) in [7, 11) is 1.49. The molecule has 0 saturated heterocycles. The molecule has 86 valence electrons. The number of fused-ring (bicyclic) bond motifs is 1. The van der Waals surface area contributed by atoms with Crippen molar-refractivity contribution in [1.82, 2.24) is 0 Å². The van der Waals surface area contributed by atoms with E-state index in [1.165, 1.54) is 13.2 Å². The van der Waals surface area contributed by atoms with Gasteiger partial charge in [-0.05, 0) is 31.2 Å². The van der Waals surface area contributed by atoms with E-state index in [-0.39, 0.29) is 12.4 Å². The van der Waals surface area contributed by atoms with Crippen LogP contribution in [0.1, 0.15) is 12.5 Å². The molecule has 2 rings (SSSR count). The smallest absolute Gasteiger partial charge is 0.171 e. The molecular weight excluding hydrogens is 208 g/mol. The van der Waals surface area contributed by atoms with Crippen molar-refractivity contribution in [2.75, 3.05) is 13.7 Å². The van der Waals surface area contributed by atoms with Gasteiger partial charge in [-0.3, -0.25) is 0 Å². The highest BCUT2D eigenvalue weighted by Gasteiger charge is 2.28. The molecule has 0 saturated carbocycles. The van der Waals surface area contributed by atoms with Crippen LogP contribution >= 0.6 is 0 Å². The van der Waals surface area contributed by atoms with Gasteiger partial charge in [-0.2, -0.15) is 0 Å². The first-order valence-corrected chi connectivity index (χ1v) is 4.99. The SMILES string of the molecule is COc1c(O)ccc2c1C=C[C@](C)(CO)O2. The Labute approximate surface area is 93.7 Å². The fraction of sp³-hybridized carbons (Fsp3) is 0.333. The van der Waals surface area contributed by atoms with Crippen molar-refractivity contribution in [3.05, 3.63) is 23.8 Å². The van der Waals surface area contributed by atoms with Gasteiger partial charge in [0.25, 0.3) is 0 Å². The molecule has 1 atom stereocenters. The van der Waals surface area contributed by atoms with Gasteiger partial charge in [0.2, 0.25) is 0 Å². The van der Waals surface area contributed by atoms with Gasteiger partial charge in [0.15, 0.2) is 11.5 Å². The summed E-state index contributed by atoms with van der Waals surface area (Å²) in [5, 5.41) is 18.8. The van der Waals surface area contributed by atoms with E-state index in [1.54, 1.807) is 25.1 Å². The second-order valence-corrected chi connectivity index (χ2v) is 3.94. The van der Waals surface area contributed by atoms with E-state index in [1.807, 2.05) is 0 Å². The Morgan fingerprint density at radius 1 is 1.44 bits per heavy atom. The topological polar surface area (TPSA) is 58.9 Å². The second-order valence-electron chi connectivity index (χ2n) is 3.94. The first-order valence-electron chi connectivity index (χ1n) is 4.99. The summed E-state index contributed by atoms with van der Waals surface area (Å²) in [4.78, 5) is 0. The lowest BCUT2D eigenvalue weighted by Gasteiger charge is -2.30. The molecule has 0 fully saturated rings. The molecule has 2 N–H and O–H groups in total. The van der Waals surface area contributed by atoms with Crippen molar-refractivity contribution < 1.29 is 19.7 Å². The summed E-state index contributed by atoms with van der Waals surface area (Å²) < 4.78 is 10.7. The highest BCUT2D eigenvalue weighted by molar-refractivity contribution is 5.70. The first kappa shape index (κ1) is 10.8. The zero-order chi connectivity index (χ0) is 11.8. The van der Waals surface area contributed by atoms with E-state index in [0.29, 0.717) is 17.1 Å². The summed E-state index contributed by atoms with van der Waals surface area (Å²) >= 11 is 0. The number of aromatic hydroxyl groups is 1. The molecule has 4 heteroatoms. The second kappa shape index (κ2) is 3.72. The Bertz CT molecular complexity index is 439. The molecule has 16 heavy (non-hydrogen) atoms. The van der Waals surface area contributed by atoms with Gasteiger partial charge >= 0.3 is 0 Å².